The molecule has 9 heteroatoms. The van der Waals surface area contributed by atoms with Crippen molar-refractivity contribution in [1.82, 2.24) is 16.0 Å². The van der Waals surface area contributed by atoms with E-state index in [0.29, 0.717) is 36.7 Å². The number of amides is 3. The van der Waals surface area contributed by atoms with Gasteiger partial charge in [-0.3, -0.25) is 14.4 Å². The van der Waals surface area contributed by atoms with Crippen LogP contribution < -0.4 is 16.0 Å². The fourth-order valence-electron chi connectivity index (χ4n) is 4.21. The van der Waals surface area contributed by atoms with Crippen molar-refractivity contribution in [2.75, 3.05) is 5.75 Å². The number of Topliss-reactive ketones (excluding diaryl/α,β-unsaturated/α-hetero) is 1. The van der Waals surface area contributed by atoms with E-state index in [0.717, 1.165) is 50.7 Å². The van der Waals surface area contributed by atoms with Gasteiger partial charge in [0, 0.05) is 36.3 Å². The Morgan fingerprint density at radius 2 is 1.74 bits per heavy atom. The van der Waals surface area contributed by atoms with Gasteiger partial charge < -0.3 is 21.1 Å². The molecule has 3 amide bonds. The van der Waals surface area contributed by atoms with Crippen molar-refractivity contribution in [2.24, 2.45) is 0 Å². The SMILES string of the molecule is CCC(CC(=O)O)NC(=O)CCCCCCC(=O)CCCC[C@@H]1SC[C@@H]2NC(=O)N[C@@H]21. The first-order chi connectivity index (χ1) is 14.9. The molecule has 4 atom stereocenters. The number of thioether (sulfide) groups is 1. The van der Waals surface area contributed by atoms with Crippen LogP contribution >= 0.6 is 11.8 Å². The smallest absolute Gasteiger partial charge is 0.315 e. The van der Waals surface area contributed by atoms with Crippen LogP contribution in [-0.4, -0.2) is 57.9 Å². The number of rotatable bonds is 16. The summed E-state index contributed by atoms with van der Waals surface area (Å²) in [5, 5.41) is 18.0. The molecule has 31 heavy (non-hydrogen) atoms. The second-order valence-corrected chi connectivity index (χ2v) is 9.86. The normalized spacial score (nSPS) is 23.0. The highest BCUT2D eigenvalue weighted by molar-refractivity contribution is 8.00. The first-order valence-electron chi connectivity index (χ1n) is 11.6. The number of carboxylic acids is 1. The third-order valence-corrected chi connectivity index (χ3v) is 7.53. The molecule has 2 aliphatic heterocycles. The number of ketones is 1. The molecule has 0 aliphatic carbocycles. The molecule has 0 saturated carbocycles. The number of hydrogen-bond donors (Lipinski definition) is 4. The van der Waals surface area contributed by atoms with Crippen molar-refractivity contribution in [3.05, 3.63) is 0 Å². The lowest BCUT2D eigenvalue weighted by Crippen LogP contribution is -2.36. The number of carbonyl (C=O) groups excluding carboxylic acids is 3. The Labute approximate surface area is 189 Å². The Bertz CT molecular complexity index is 630. The van der Waals surface area contributed by atoms with Crippen molar-refractivity contribution in [3.63, 3.8) is 0 Å². The number of carbonyl (C=O) groups is 4. The first kappa shape index (κ1) is 25.5. The van der Waals surface area contributed by atoms with Crippen LogP contribution in [0.3, 0.4) is 0 Å². The zero-order valence-corrected chi connectivity index (χ0v) is 19.3. The molecule has 2 aliphatic rings. The Morgan fingerprint density at radius 3 is 2.42 bits per heavy atom. The molecule has 0 aromatic rings. The van der Waals surface area contributed by atoms with Gasteiger partial charge in [-0.2, -0.15) is 11.8 Å². The molecular weight excluding hydrogens is 418 g/mol. The maximum absolute atomic E-state index is 12.1. The minimum absolute atomic E-state index is 0.0429. The molecule has 0 aromatic heterocycles. The van der Waals surface area contributed by atoms with Crippen LogP contribution in [0, 0.1) is 0 Å². The van der Waals surface area contributed by atoms with E-state index in [9.17, 15) is 19.2 Å². The highest BCUT2D eigenvalue weighted by Gasteiger charge is 2.42. The summed E-state index contributed by atoms with van der Waals surface area (Å²) in [7, 11) is 0. The van der Waals surface area contributed by atoms with Crippen LogP contribution in [0.1, 0.15) is 84.0 Å². The van der Waals surface area contributed by atoms with Gasteiger partial charge in [0.2, 0.25) is 5.91 Å². The van der Waals surface area contributed by atoms with Gasteiger partial charge in [0.25, 0.3) is 0 Å². The van der Waals surface area contributed by atoms with Crippen molar-refractivity contribution in [2.45, 2.75) is 107 Å². The maximum Gasteiger partial charge on any atom is 0.315 e. The van der Waals surface area contributed by atoms with E-state index in [4.69, 9.17) is 5.11 Å². The Hall–Kier alpha value is -1.77. The summed E-state index contributed by atoms with van der Waals surface area (Å²) in [5.74, 6) is 0.285. The van der Waals surface area contributed by atoms with E-state index in [1.165, 1.54) is 0 Å². The Kier molecular flexibility index (Phi) is 11.2. The van der Waals surface area contributed by atoms with Crippen LogP contribution in [0.15, 0.2) is 0 Å². The molecule has 8 nitrogen and oxygen atoms in total. The minimum atomic E-state index is -0.900. The number of hydrogen-bond acceptors (Lipinski definition) is 5. The number of nitrogens with one attached hydrogen (secondary N) is 3. The summed E-state index contributed by atoms with van der Waals surface area (Å²) in [6.07, 6.45) is 8.60. The molecule has 0 radical (unpaired) electrons. The van der Waals surface area contributed by atoms with Gasteiger partial charge in [-0.15, -0.1) is 0 Å². The summed E-state index contributed by atoms with van der Waals surface area (Å²) < 4.78 is 0. The van der Waals surface area contributed by atoms with Crippen molar-refractivity contribution in [3.8, 4) is 0 Å². The molecule has 2 saturated heterocycles. The molecular formula is C22H37N3O5S. The summed E-state index contributed by atoms with van der Waals surface area (Å²) >= 11 is 1.91. The third-order valence-electron chi connectivity index (χ3n) is 6.02. The molecule has 0 bridgehead atoms. The topological polar surface area (TPSA) is 125 Å². The van der Waals surface area contributed by atoms with Gasteiger partial charge in [0.1, 0.15) is 5.78 Å². The molecule has 2 rings (SSSR count). The number of unbranched alkanes of at least 4 members (excludes halogenated alkanes) is 4. The third kappa shape index (κ3) is 9.49. The molecule has 2 heterocycles. The van der Waals surface area contributed by atoms with Crippen molar-refractivity contribution >= 4 is 35.5 Å². The van der Waals surface area contributed by atoms with E-state index in [1.807, 2.05) is 18.7 Å². The number of urea groups is 1. The van der Waals surface area contributed by atoms with E-state index in [2.05, 4.69) is 16.0 Å². The second-order valence-electron chi connectivity index (χ2n) is 8.59. The largest absolute Gasteiger partial charge is 0.481 e. The fraction of sp³-hybridized carbons (Fsp3) is 0.818. The van der Waals surface area contributed by atoms with Crippen LogP contribution in [0.5, 0.6) is 0 Å². The predicted octanol–water partition coefficient (Wildman–Crippen LogP) is 2.99. The van der Waals surface area contributed by atoms with Gasteiger partial charge in [-0.1, -0.05) is 26.2 Å². The van der Waals surface area contributed by atoms with Crippen molar-refractivity contribution in [1.29, 1.82) is 0 Å². The molecule has 176 valence electrons. The fourth-order valence-corrected chi connectivity index (χ4v) is 5.75. The highest BCUT2D eigenvalue weighted by atomic mass is 32.2. The molecule has 2 fully saturated rings. The van der Waals surface area contributed by atoms with E-state index < -0.39 is 5.97 Å². The van der Waals surface area contributed by atoms with E-state index in [-0.39, 0.29) is 36.5 Å². The quantitative estimate of drug-likeness (QED) is 0.209. The lowest BCUT2D eigenvalue weighted by molar-refractivity contribution is -0.137. The zero-order valence-electron chi connectivity index (χ0n) is 18.5. The van der Waals surface area contributed by atoms with Gasteiger partial charge in [-0.05, 0) is 32.1 Å². The van der Waals surface area contributed by atoms with Crippen molar-refractivity contribution < 1.29 is 24.3 Å². The van der Waals surface area contributed by atoms with Gasteiger partial charge in [-0.25, -0.2) is 4.79 Å². The maximum atomic E-state index is 12.1. The van der Waals surface area contributed by atoms with Gasteiger partial charge in [0.05, 0.1) is 18.5 Å². The Balaban J connectivity index is 1.42. The van der Waals surface area contributed by atoms with Crippen LogP contribution in [0.4, 0.5) is 4.79 Å². The molecule has 4 N–H and O–H groups in total. The monoisotopic (exact) mass is 455 g/mol. The van der Waals surface area contributed by atoms with Gasteiger partial charge in [0.15, 0.2) is 0 Å². The first-order valence-corrected chi connectivity index (χ1v) is 12.7. The average Bonchev–Trinajstić information content (AvgIpc) is 3.26. The molecule has 0 spiro atoms. The summed E-state index contributed by atoms with van der Waals surface area (Å²) in [4.78, 5) is 46.1. The molecule has 0 aromatic carbocycles. The van der Waals surface area contributed by atoms with E-state index in [1.54, 1.807) is 0 Å². The highest BCUT2D eigenvalue weighted by Crippen LogP contribution is 2.33. The van der Waals surface area contributed by atoms with Crippen LogP contribution in [-0.2, 0) is 14.4 Å². The standard InChI is InChI=1S/C22H37N3O5S/c1-2-15(13-20(28)29)23-19(27)12-6-4-3-5-9-16(26)10-7-8-11-18-21-17(14-31-18)24-22(30)25-21/h15,17-18,21H,2-14H2,1H3,(H,23,27)(H,28,29)(H2,24,25,30)/t15?,17-,18-,21-/m0/s1. The Morgan fingerprint density at radius 1 is 1.06 bits per heavy atom. The van der Waals surface area contributed by atoms with Crippen LogP contribution in [0.2, 0.25) is 0 Å². The second kappa shape index (κ2) is 13.6. The minimum Gasteiger partial charge on any atom is -0.481 e. The lowest BCUT2D eigenvalue weighted by Gasteiger charge is -2.16. The number of carboxylic acid groups (broad SMARTS) is 1. The molecule has 1 unspecified atom stereocenters. The predicted molar refractivity (Wildman–Crippen MR) is 121 cm³/mol. The average molecular weight is 456 g/mol. The lowest BCUT2D eigenvalue weighted by atomic mass is 10.0. The van der Waals surface area contributed by atoms with Crippen LogP contribution in [0.25, 0.3) is 0 Å². The number of fused-ring (bicyclic) bond motifs is 1. The van der Waals surface area contributed by atoms with E-state index >= 15 is 0 Å². The number of aliphatic carboxylic acids is 1. The zero-order chi connectivity index (χ0) is 22.6. The summed E-state index contributed by atoms with van der Waals surface area (Å²) in [5.41, 5.74) is 0. The van der Waals surface area contributed by atoms with Gasteiger partial charge >= 0.3 is 12.0 Å². The summed E-state index contributed by atoms with van der Waals surface area (Å²) in [6, 6.07) is 0.137. The summed E-state index contributed by atoms with van der Waals surface area (Å²) in [6.45, 7) is 1.86.